The molecule has 1 rings (SSSR count). The van der Waals surface area contributed by atoms with Gasteiger partial charge in [-0.25, -0.2) is 13.2 Å². The lowest BCUT2D eigenvalue weighted by molar-refractivity contribution is -0.138. The number of hydrogen-bond acceptors (Lipinski definition) is 4. The molecule has 8 heteroatoms. The van der Waals surface area contributed by atoms with E-state index in [-0.39, 0.29) is 36.4 Å². The van der Waals surface area contributed by atoms with Gasteiger partial charge in [0.15, 0.2) is 9.84 Å². The van der Waals surface area contributed by atoms with Gasteiger partial charge in [-0.2, -0.15) is 0 Å². The summed E-state index contributed by atoms with van der Waals surface area (Å²) in [5, 5.41) is 11.3. The second-order valence-corrected chi connectivity index (χ2v) is 7.49. The van der Waals surface area contributed by atoms with Crippen molar-refractivity contribution in [2.75, 3.05) is 31.1 Å². The molecule has 0 radical (unpaired) electrons. The number of sulfone groups is 1. The summed E-state index contributed by atoms with van der Waals surface area (Å²) in [6, 6.07) is -0.314. The molecule has 20 heavy (non-hydrogen) atoms. The molecule has 2 N–H and O–H groups in total. The van der Waals surface area contributed by atoms with Gasteiger partial charge in [0, 0.05) is 31.8 Å². The molecule has 1 heterocycles. The molecule has 0 bridgehead atoms. The van der Waals surface area contributed by atoms with E-state index in [9.17, 15) is 18.0 Å². The van der Waals surface area contributed by atoms with Crippen molar-refractivity contribution in [3.8, 4) is 0 Å². The summed E-state index contributed by atoms with van der Waals surface area (Å²) in [5.74, 6) is -0.882. The van der Waals surface area contributed by atoms with Gasteiger partial charge in [-0.05, 0) is 18.8 Å². The van der Waals surface area contributed by atoms with Gasteiger partial charge < -0.3 is 15.3 Å². The maximum absolute atomic E-state index is 11.9. The van der Waals surface area contributed by atoms with E-state index in [0.29, 0.717) is 13.1 Å². The molecule has 0 saturated carbocycles. The van der Waals surface area contributed by atoms with E-state index in [0.717, 1.165) is 12.8 Å². The summed E-state index contributed by atoms with van der Waals surface area (Å²) in [6.45, 7) is 2.66. The Morgan fingerprint density at radius 1 is 1.40 bits per heavy atom. The summed E-state index contributed by atoms with van der Waals surface area (Å²) in [5.41, 5.74) is 0. The van der Waals surface area contributed by atoms with E-state index in [1.165, 1.54) is 0 Å². The van der Waals surface area contributed by atoms with Crippen LogP contribution in [0.1, 0.15) is 26.2 Å². The Morgan fingerprint density at radius 3 is 2.70 bits per heavy atom. The number of carbonyl (C=O) groups excluding carboxylic acids is 1. The molecular weight excluding hydrogens is 284 g/mol. The third kappa shape index (κ3) is 5.77. The highest BCUT2D eigenvalue weighted by Gasteiger charge is 2.25. The van der Waals surface area contributed by atoms with Crippen molar-refractivity contribution in [2.45, 2.75) is 26.2 Å². The van der Waals surface area contributed by atoms with Crippen molar-refractivity contribution in [1.29, 1.82) is 0 Å². The molecule has 1 unspecified atom stereocenters. The minimum absolute atomic E-state index is 0.0219. The molecule has 0 aromatic carbocycles. The third-order valence-corrected chi connectivity index (χ3v) is 5.10. The van der Waals surface area contributed by atoms with Gasteiger partial charge in [0.05, 0.1) is 5.75 Å². The Hall–Kier alpha value is -1.31. The molecule has 1 atom stereocenters. The van der Waals surface area contributed by atoms with Crippen molar-refractivity contribution >= 4 is 21.8 Å². The van der Waals surface area contributed by atoms with Crippen molar-refractivity contribution in [3.63, 3.8) is 0 Å². The fourth-order valence-corrected chi connectivity index (χ4v) is 2.93. The first-order valence-electron chi connectivity index (χ1n) is 6.79. The van der Waals surface area contributed by atoms with E-state index in [1.54, 1.807) is 11.8 Å². The predicted molar refractivity (Wildman–Crippen MR) is 74.3 cm³/mol. The molecule has 0 aliphatic carbocycles. The molecular formula is C12H22N2O5S. The quantitative estimate of drug-likeness (QED) is 0.735. The van der Waals surface area contributed by atoms with Crippen molar-refractivity contribution in [1.82, 2.24) is 10.2 Å². The fourth-order valence-electron chi connectivity index (χ4n) is 2.23. The minimum atomic E-state index is -3.08. The number of likely N-dealkylation sites (tertiary alicyclic amines) is 1. The summed E-state index contributed by atoms with van der Waals surface area (Å²) in [4.78, 5) is 24.1. The molecule has 1 aliphatic rings. The number of carbonyl (C=O) groups is 2. The van der Waals surface area contributed by atoms with Crippen LogP contribution in [0.15, 0.2) is 0 Å². The Morgan fingerprint density at radius 2 is 2.10 bits per heavy atom. The zero-order valence-corrected chi connectivity index (χ0v) is 12.5. The van der Waals surface area contributed by atoms with Crippen LogP contribution in [0.3, 0.4) is 0 Å². The lowest BCUT2D eigenvalue weighted by atomic mass is 9.95. The number of hydrogen-bond donors (Lipinski definition) is 2. The highest BCUT2D eigenvalue weighted by atomic mass is 32.2. The summed E-state index contributed by atoms with van der Waals surface area (Å²) in [7, 11) is -3.08. The summed E-state index contributed by atoms with van der Waals surface area (Å²) in [6.07, 6.45) is 1.65. The van der Waals surface area contributed by atoms with Crippen LogP contribution in [0.25, 0.3) is 0 Å². The number of urea groups is 1. The van der Waals surface area contributed by atoms with E-state index in [1.807, 2.05) is 0 Å². The molecule has 0 spiro atoms. The second-order valence-electron chi connectivity index (χ2n) is 5.02. The highest BCUT2D eigenvalue weighted by Crippen LogP contribution is 2.19. The zero-order valence-electron chi connectivity index (χ0n) is 11.7. The van der Waals surface area contributed by atoms with Crippen LogP contribution >= 0.6 is 0 Å². The van der Waals surface area contributed by atoms with Crippen molar-refractivity contribution in [2.24, 2.45) is 5.92 Å². The van der Waals surface area contributed by atoms with Crippen LogP contribution in [-0.4, -0.2) is 61.6 Å². The molecule has 1 fully saturated rings. The Labute approximate surface area is 119 Å². The van der Waals surface area contributed by atoms with E-state index in [4.69, 9.17) is 5.11 Å². The fraction of sp³-hybridized carbons (Fsp3) is 0.833. The molecule has 2 amide bonds. The average Bonchev–Trinajstić information content (AvgIpc) is 2.38. The largest absolute Gasteiger partial charge is 0.481 e. The normalized spacial score (nSPS) is 19.6. The number of nitrogens with zero attached hydrogens (tertiary/aromatic N) is 1. The van der Waals surface area contributed by atoms with Crippen LogP contribution in [0.5, 0.6) is 0 Å². The topological polar surface area (TPSA) is 104 Å². The van der Waals surface area contributed by atoms with Crippen LogP contribution in [-0.2, 0) is 14.6 Å². The smallest absolute Gasteiger partial charge is 0.317 e. The molecule has 0 aromatic rings. The first-order valence-corrected chi connectivity index (χ1v) is 8.61. The number of nitrogens with one attached hydrogen (secondary N) is 1. The molecule has 1 saturated heterocycles. The maximum Gasteiger partial charge on any atom is 0.317 e. The van der Waals surface area contributed by atoms with Crippen LogP contribution < -0.4 is 5.32 Å². The lowest BCUT2D eigenvalue weighted by Gasteiger charge is -2.32. The molecule has 7 nitrogen and oxygen atoms in total. The SMILES string of the molecule is CCS(=O)(=O)CCNC(=O)N1CCCC(CC(=O)O)C1. The van der Waals surface area contributed by atoms with Crippen LogP contribution in [0.4, 0.5) is 4.79 Å². The van der Waals surface area contributed by atoms with Crippen LogP contribution in [0, 0.1) is 5.92 Å². The maximum atomic E-state index is 11.9. The average molecular weight is 306 g/mol. The number of carboxylic acids is 1. The van der Waals surface area contributed by atoms with Gasteiger partial charge in [0.2, 0.25) is 0 Å². The zero-order chi connectivity index (χ0) is 15.2. The minimum Gasteiger partial charge on any atom is -0.481 e. The lowest BCUT2D eigenvalue weighted by Crippen LogP contribution is -2.46. The van der Waals surface area contributed by atoms with Gasteiger partial charge in [-0.1, -0.05) is 6.92 Å². The number of carboxylic acid groups (broad SMARTS) is 1. The number of aliphatic carboxylic acids is 1. The first kappa shape index (κ1) is 16.7. The van der Waals surface area contributed by atoms with Gasteiger partial charge in [-0.3, -0.25) is 4.79 Å². The highest BCUT2D eigenvalue weighted by molar-refractivity contribution is 7.91. The molecule has 1 aliphatic heterocycles. The third-order valence-electron chi connectivity index (χ3n) is 3.40. The summed E-state index contributed by atoms with van der Waals surface area (Å²) >= 11 is 0. The van der Waals surface area contributed by atoms with E-state index >= 15 is 0 Å². The van der Waals surface area contributed by atoms with Crippen molar-refractivity contribution < 1.29 is 23.1 Å². The second kappa shape index (κ2) is 7.47. The first-order chi connectivity index (χ1) is 9.34. The van der Waals surface area contributed by atoms with Gasteiger partial charge >= 0.3 is 12.0 Å². The van der Waals surface area contributed by atoms with E-state index in [2.05, 4.69) is 5.32 Å². The standard InChI is InChI=1S/C12H22N2O5S/c1-2-20(18,19)7-5-13-12(17)14-6-3-4-10(9-14)8-11(15)16/h10H,2-9H2,1H3,(H,13,17)(H,15,16). The number of amides is 2. The Balaban J connectivity index is 2.37. The van der Waals surface area contributed by atoms with Gasteiger partial charge in [0.25, 0.3) is 0 Å². The summed E-state index contributed by atoms with van der Waals surface area (Å²) < 4.78 is 22.6. The van der Waals surface area contributed by atoms with Gasteiger partial charge in [0.1, 0.15) is 0 Å². The van der Waals surface area contributed by atoms with E-state index < -0.39 is 15.8 Å². The van der Waals surface area contributed by atoms with Gasteiger partial charge in [-0.15, -0.1) is 0 Å². The Kier molecular flexibility index (Phi) is 6.25. The number of rotatable bonds is 6. The monoisotopic (exact) mass is 306 g/mol. The number of piperidine rings is 1. The van der Waals surface area contributed by atoms with Crippen LogP contribution in [0.2, 0.25) is 0 Å². The molecule has 0 aromatic heterocycles. The Bertz CT molecular complexity index is 449. The predicted octanol–water partition coefficient (Wildman–Crippen LogP) is 0.317. The molecule has 116 valence electrons. The van der Waals surface area contributed by atoms with Crippen molar-refractivity contribution in [3.05, 3.63) is 0 Å².